The first-order valence-corrected chi connectivity index (χ1v) is 8.59. The van der Waals surface area contributed by atoms with Crippen molar-refractivity contribution in [3.63, 3.8) is 0 Å². The third-order valence-corrected chi connectivity index (χ3v) is 3.58. The van der Waals surface area contributed by atoms with E-state index in [1.165, 1.54) is 0 Å². The van der Waals surface area contributed by atoms with Crippen LogP contribution >= 0.6 is 0 Å². The molecule has 0 aromatic carbocycles. The molecule has 194 valence electrons. The zero-order valence-corrected chi connectivity index (χ0v) is 16.1. The van der Waals surface area contributed by atoms with Crippen LogP contribution in [0.25, 0.3) is 0 Å². The van der Waals surface area contributed by atoms with Crippen LogP contribution in [0.5, 0.6) is 0 Å². The summed E-state index contributed by atoms with van der Waals surface area (Å²) in [5.41, 5.74) is 0. The number of alkyl halides is 12. The predicted molar refractivity (Wildman–Crippen MR) is 81.1 cm³/mol. The van der Waals surface area contributed by atoms with Crippen molar-refractivity contribution < 1.29 is 76.7 Å². The molecule has 0 unspecified atom stereocenters. The van der Waals surface area contributed by atoms with E-state index < -0.39 is 55.9 Å². The van der Waals surface area contributed by atoms with Crippen LogP contribution < -0.4 is 0 Å². The molecule has 5 nitrogen and oxygen atoms in total. The minimum atomic E-state index is -7.57. The molecule has 0 aliphatic carbocycles. The molecule has 17 heteroatoms. The van der Waals surface area contributed by atoms with E-state index >= 15 is 0 Å². The van der Waals surface area contributed by atoms with Crippen molar-refractivity contribution in [1.82, 2.24) is 0 Å². The van der Waals surface area contributed by atoms with Crippen molar-refractivity contribution in [2.24, 2.45) is 0 Å². The summed E-state index contributed by atoms with van der Waals surface area (Å²) < 4.78 is 174. The quantitative estimate of drug-likeness (QED) is 0.227. The summed E-state index contributed by atoms with van der Waals surface area (Å²) in [6, 6.07) is 0. The van der Waals surface area contributed by atoms with E-state index in [9.17, 15) is 52.7 Å². The van der Waals surface area contributed by atoms with E-state index in [1.807, 2.05) is 0 Å². The second-order valence-electron chi connectivity index (χ2n) is 5.96. The van der Waals surface area contributed by atoms with Crippen molar-refractivity contribution in [3.05, 3.63) is 0 Å². The Labute approximate surface area is 173 Å². The first-order valence-electron chi connectivity index (χ1n) is 8.59. The van der Waals surface area contributed by atoms with Crippen LogP contribution in [0.4, 0.5) is 52.7 Å². The molecule has 0 aromatic heterocycles. The second-order valence-corrected chi connectivity index (χ2v) is 5.96. The Morgan fingerprint density at radius 1 is 0.531 bits per heavy atom. The van der Waals surface area contributed by atoms with Crippen molar-refractivity contribution >= 4 is 0 Å². The minimum absolute atomic E-state index is 0.0453. The molecule has 0 aromatic rings. The minimum Gasteiger partial charge on any atom is -0.394 e. The van der Waals surface area contributed by atoms with Gasteiger partial charge in [-0.3, -0.25) is 0 Å². The number of hydrogen-bond acceptors (Lipinski definition) is 5. The molecule has 0 saturated heterocycles. The Kier molecular flexibility index (Phi) is 12.0. The van der Waals surface area contributed by atoms with Crippen molar-refractivity contribution in [2.75, 3.05) is 59.5 Å². The van der Waals surface area contributed by atoms with Crippen LogP contribution in [-0.2, 0) is 18.9 Å². The van der Waals surface area contributed by atoms with Gasteiger partial charge in [0.2, 0.25) is 0 Å². The third-order valence-electron chi connectivity index (χ3n) is 3.58. The summed E-state index contributed by atoms with van der Waals surface area (Å²) in [6.07, 6.45) is -5.54. The normalized spacial score (nSPS) is 14.4. The van der Waals surface area contributed by atoms with E-state index in [4.69, 9.17) is 19.3 Å². The molecule has 0 atom stereocenters. The summed E-state index contributed by atoms with van der Waals surface area (Å²) in [4.78, 5) is 0. The van der Waals surface area contributed by atoms with Crippen LogP contribution in [-0.4, -0.2) is 101 Å². The first-order chi connectivity index (χ1) is 14.5. The van der Waals surface area contributed by atoms with Gasteiger partial charge in [-0.05, 0) is 0 Å². The molecule has 0 saturated carbocycles. The Morgan fingerprint density at radius 2 is 0.906 bits per heavy atom. The van der Waals surface area contributed by atoms with Gasteiger partial charge in [0, 0.05) is 0 Å². The maximum Gasteiger partial charge on any atom is 0.384 e. The smallest absolute Gasteiger partial charge is 0.384 e. The maximum absolute atomic E-state index is 13.4. The second kappa shape index (κ2) is 12.4. The molecule has 0 aliphatic heterocycles. The highest BCUT2D eigenvalue weighted by Crippen LogP contribution is 2.58. The molecule has 1 N–H and O–H groups in total. The fourth-order valence-corrected chi connectivity index (χ4v) is 1.79. The average molecular weight is 508 g/mol. The van der Waals surface area contributed by atoms with Gasteiger partial charge in [-0.2, -0.15) is 43.9 Å². The summed E-state index contributed by atoms with van der Waals surface area (Å²) >= 11 is 0. The van der Waals surface area contributed by atoms with Gasteiger partial charge in [-0.25, -0.2) is 8.78 Å². The number of hydrogen-bond donors (Lipinski definition) is 1. The molecule has 0 radical (unpaired) electrons. The third kappa shape index (κ3) is 7.23. The molecule has 0 aliphatic rings. The van der Waals surface area contributed by atoms with Gasteiger partial charge >= 0.3 is 36.0 Å². The summed E-state index contributed by atoms with van der Waals surface area (Å²) in [6.45, 7) is -4.21. The van der Waals surface area contributed by atoms with Gasteiger partial charge in [0.05, 0.1) is 52.9 Å². The van der Waals surface area contributed by atoms with Gasteiger partial charge in [0.1, 0.15) is 6.61 Å². The molecule has 0 amide bonds. The number of halogens is 12. The highest BCUT2D eigenvalue weighted by atomic mass is 19.4. The summed E-state index contributed by atoms with van der Waals surface area (Å²) in [5.74, 6) is -35.4. The number of rotatable bonds is 18. The molecular formula is C15H20F12O5. The average Bonchev–Trinajstić information content (AvgIpc) is 2.68. The predicted octanol–water partition coefficient (Wildman–Crippen LogP) is 3.49. The van der Waals surface area contributed by atoms with Gasteiger partial charge in [0.15, 0.2) is 0 Å². The number of aliphatic hydroxyl groups is 1. The van der Waals surface area contributed by atoms with E-state index in [1.54, 1.807) is 0 Å². The maximum atomic E-state index is 13.4. The lowest BCUT2D eigenvalue weighted by molar-refractivity contribution is -0.415. The lowest BCUT2D eigenvalue weighted by atomic mass is 9.94. The van der Waals surface area contributed by atoms with Crippen molar-refractivity contribution in [3.8, 4) is 0 Å². The van der Waals surface area contributed by atoms with Crippen LogP contribution in [0.1, 0.15) is 0 Å². The topological polar surface area (TPSA) is 57.2 Å². The van der Waals surface area contributed by atoms with Crippen LogP contribution in [0.2, 0.25) is 0 Å². The van der Waals surface area contributed by atoms with E-state index in [0.717, 1.165) is 0 Å². The van der Waals surface area contributed by atoms with Crippen LogP contribution in [0.3, 0.4) is 0 Å². The van der Waals surface area contributed by atoms with Gasteiger partial charge in [-0.15, -0.1) is 0 Å². The van der Waals surface area contributed by atoms with E-state index in [-0.39, 0.29) is 39.6 Å². The lowest BCUT2D eigenvalue weighted by Gasteiger charge is -2.39. The monoisotopic (exact) mass is 508 g/mol. The fraction of sp³-hybridized carbons (Fsp3) is 1.00. The molecule has 0 heterocycles. The van der Waals surface area contributed by atoms with Crippen LogP contribution in [0, 0.1) is 0 Å². The van der Waals surface area contributed by atoms with E-state index in [0.29, 0.717) is 0 Å². The summed E-state index contributed by atoms with van der Waals surface area (Å²) in [7, 11) is 0. The molecule has 32 heavy (non-hydrogen) atoms. The van der Waals surface area contributed by atoms with E-state index in [2.05, 4.69) is 4.74 Å². The Bertz CT molecular complexity index is 533. The molecule has 0 bridgehead atoms. The number of aliphatic hydroxyl groups excluding tert-OH is 1. The highest BCUT2D eigenvalue weighted by molar-refractivity contribution is 5.09. The molecular weight excluding hydrogens is 488 g/mol. The number of ether oxygens (including phenoxy) is 4. The van der Waals surface area contributed by atoms with Crippen LogP contribution in [0.15, 0.2) is 0 Å². The SMILES string of the molecule is OCCOCCOCCOCCOCC(F)(F)C(F)(F)C(F)(F)C(F)(F)C(F)(F)C(F)F. The van der Waals surface area contributed by atoms with Gasteiger partial charge < -0.3 is 24.1 Å². The van der Waals surface area contributed by atoms with Gasteiger partial charge in [0.25, 0.3) is 0 Å². The zero-order valence-electron chi connectivity index (χ0n) is 16.1. The van der Waals surface area contributed by atoms with Gasteiger partial charge in [-0.1, -0.05) is 0 Å². The molecule has 0 spiro atoms. The first kappa shape index (κ1) is 31.0. The largest absolute Gasteiger partial charge is 0.394 e. The Hall–Kier alpha value is -1.04. The fourth-order valence-electron chi connectivity index (χ4n) is 1.79. The zero-order chi connectivity index (χ0) is 25.3. The highest BCUT2D eigenvalue weighted by Gasteiger charge is 2.87. The standard InChI is InChI=1S/C15H20F12O5/c16-10(17)12(20,21)14(24,25)15(26,27)13(22,23)11(18,19)9-32-8-7-31-6-5-30-4-3-29-2-1-28/h10,28H,1-9H2. The van der Waals surface area contributed by atoms with Crippen molar-refractivity contribution in [1.29, 1.82) is 0 Å². The molecule has 0 fully saturated rings. The summed E-state index contributed by atoms with van der Waals surface area (Å²) in [5, 5.41) is 8.42. The molecule has 0 rings (SSSR count). The lowest BCUT2D eigenvalue weighted by Crippen LogP contribution is -2.69. The van der Waals surface area contributed by atoms with Crippen molar-refractivity contribution in [2.45, 2.75) is 36.0 Å². The Morgan fingerprint density at radius 3 is 1.28 bits per heavy atom. The Balaban J connectivity index is 4.61.